The van der Waals surface area contributed by atoms with Crippen molar-refractivity contribution >= 4 is 17.9 Å². The van der Waals surface area contributed by atoms with Crippen LogP contribution in [0.25, 0.3) is 0 Å². The maximum atomic E-state index is 11.4. The molecule has 7 nitrogen and oxygen atoms in total. The van der Waals surface area contributed by atoms with E-state index in [9.17, 15) is 14.4 Å². The normalized spacial score (nSPS) is 34.6. The molecule has 1 rings (SSSR count). The summed E-state index contributed by atoms with van der Waals surface area (Å²) in [5.74, 6) is -3.08. The van der Waals surface area contributed by atoms with E-state index in [1.54, 1.807) is 6.92 Å². The maximum Gasteiger partial charge on any atom is 0.305 e. The standard InChI is InChI=1S/C15H24O7/c1-8-9(2)14(20-11(4)17)15(6,21-12(5)18)22-13(8)7-19-10(3)16/h8-9,13-14H,7H2,1-6H3/t8-,9-,13?,14?,15-/m0/s1. The minimum Gasteiger partial charge on any atom is -0.463 e. The first-order chi connectivity index (χ1) is 10.1. The highest BCUT2D eigenvalue weighted by atomic mass is 16.7. The molecule has 0 bridgehead atoms. The molecule has 0 spiro atoms. The fraction of sp³-hybridized carbons (Fsp3) is 0.800. The summed E-state index contributed by atoms with van der Waals surface area (Å²) in [5.41, 5.74) is 0. The van der Waals surface area contributed by atoms with Gasteiger partial charge in [-0.3, -0.25) is 14.4 Å². The Bertz CT molecular complexity index is 445. The van der Waals surface area contributed by atoms with E-state index in [1.807, 2.05) is 13.8 Å². The van der Waals surface area contributed by atoms with Crippen LogP contribution in [0.4, 0.5) is 0 Å². The highest BCUT2D eigenvalue weighted by Gasteiger charge is 2.53. The molecule has 5 atom stereocenters. The van der Waals surface area contributed by atoms with E-state index in [-0.39, 0.29) is 18.4 Å². The molecule has 1 heterocycles. The van der Waals surface area contributed by atoms with E-state index in [2.05, 4.69) is 0 Å². The van der Waals surface area contributed by atoms with Crippen LogP contribution in [0.3, 0.4) is 0 Å². The molecule has 0 radical (unpaired) electrons. The topological polar surface area (TPSA) is 88.1 Å². The van der Waals surface area contributed by atoms with Gasteiger partial charge >= 0.3 is 17.9 Å². The molecule has 1 aliphatic rings. The zero-order valence-corrected chi connectivity index (χ0v) is 13.9. The molecule has 7 heteroatoms. The molecule has 1 fully saturated rings. The predicted molar refractivity (Wildman–Crippen MR) is 75.6 cm³/mol. The smallest absolute Gasteiger partial charge is 0.305 e. The van der Waals surface area contributed by atoms with Crippen molar-refractivity contribution in [2.24, 2.45) is 11.8 Å². The first-order valence-electron chi connectivity index (χ1n) is 7.24. The summed E-state index contributed by atoms with van der Waals surface area (Å²) in [6, 6.07) is 0. The maximum absolute atomic E-state index is 11.4. The molecule has 0 aliphatic carbocycles. The minimum absolute atomic E-state index is 0.0461. The number of hydrogen-bond acceptors (Lipinski definition) is 7. The van der Waals surface area contributed by atoms with Gasteiger partial charge in [0.15, 0.2) is 6.10 Å². The van der Waals surface area contributed by atoms with Gasteiger partial charge in [0.2, 0.25) is 5.79 Å². The van der Waals surface area contributed by atoms with Crippen molar-refractivity contribution in [2.75, 3.05) is 6.61 Å². The molecule has 0 saturated carbocycles. The van der Waals surface area contributed by atoms with Gasteiger partial charge in [-0.25, -0.2) is 0 Å². The Labute approximate surface area is 130 Å². The largest absolute Gasteiger partial charge is 0.463 e. The molecule has 0 aromatic heterocycles. The zero-order chi connectivity index (χ0) is 17.1. The van der Waals surface area contributed by atoms with Gasteiger partial charge in [-0.2, -0.15) is 0 Å². The van der Waals surface area contributed by atoms with Crippen LogP contribution in [0, 0.1) is 11.8 Å². The highest BCUT2D eigenvalue weighted by molar-refractivity contribution is 5.67. The van der Waals surface area contributed by atoms with E-state index in [1.165, 1.54) is 20.8 Å². The fourth-order valence-electron chi connectivity index (χ4n) is 2.71. The summed E-state index contributed by atoms with van der Waals surface area (Å²) < 4.78 is 21.4. The van der Waals surface area contributed by atoms with E-state index < -0.39 is 35.9 Å². The van der Waals surface area contributed by atoms with Gasteiger partial charge in [0.05, 0.1) is 6.10 Å². The molecule has 0 aromatic carbocycles. The van der Waals surface area contributed by atoms with Crippen LogP contribution in [0.15, 0.2) is 0 Å². The third-order valence-electron chi connectivity index (χ3n) is 3.89. The summed E-state index contributed by atoms with van der Waals surface area (Å²) in [6.07, 6.45) is -1.20. The average Bonchev–Trinajstić information content (AvgIpc) is 2.36. The Morgan fingerprint density at radius 1 is 1.00 bits per heavy atom. The van der Waals surface area contributed by atoms with Crippen molar-refractivity contribution < 1.29 is 33.3 Å². The van der Waals surface area contributed by atoms with Crippen molar-refractivity contribution in [3.63, 3.8) is 0 Å². The SMILES string of the molecule is CC(=O)OCC1O[C@](C)(OC(C)=O)C(OC(C)=O)[C@@H](C)[C@@H]1C. The van der Waals surface area contributed by atoms with Gasteiger partial charge in [0.1, 0.15) is 6.61 Å². The molecule has 2 unspecified atom stereocenters. The first-order valence-corrected chi connectivity index (χ1v) is 7.24. The second kappa shape index (κ2) is 7.09. The lowest BCUT2D eigenvalue weighted by atomic mass is 9.80. The van der Waals surface area contributed by atoms with Crippen LogP contribution in [0.1, 0.15) is 41.5 Å². The van der Waals surface area contributed by atoms with Crippen LogP contribution >= 0.6 is 0 Å². The minimum atomic E-state index is -1.42. The van der Waals surface area contributed by atoms with E-state index >= 15 is 0 Å². The number of hydrogen-bond donors (Lipinski definition) is 0. The molecule has 1 aliphatic heterocycles. The molecule has 126 valence electrons. The van der Waals surface area contributed by atoms with E-state index in [4.69, 9.17) is 18.9 Å². The van der Waals surface area contributed by atoms with Gasteiger partial charge in [0.25, 0.3) is 0 Å². The van der Waals surface area contributed by atoms with Crippen molar-refractivity contribution in [3.05, 3.63) is 0 Å². The summed E-state index contributed by atoms with van der Waals surface area (Å²) in [5, 5.41) is 0. The van der Waals surface area contributed by atoms with Crippen molar-refractivity contribution in [1.82, 2.24) is 0 Å². The van der Waals surface area contributed by atoms with Gasteiger partial charge in [-0.1, -0.05) is 13.8 Å². The van der Waals surface area contributed by atoms with Gasteiger partial charge in [-0.15, -0.1) is 0 Å². The third kappa shape index (κ3) is 4.43. The number of carbonyl (C=O) groups excluding carboxylic acids is 3. The summed E-state index contributed by atoms with van der Waals surface area (Å²) >= 11 is 0. The van der Waals surface area contributed by atoms with Crippen molar-refractivity contribution in [1.29, 1.82) is 0 Å². The van der Waals surface area contributed by atoms with Crippen LogP contribution in [-0.2, 0) is 33.3 Å². The quantitative estimate of drug-likeness (QED) is 0.572. The Morgan fingerprint density at radius 3 is 2.05 bits per heavy atom. The summed E-state index contributed by atoms with van der Waals surface area (Å²) in [6.45, 7) is 9.23. The monoisotopic (exact) mass is 316 g/mol. The van der Waals surface area contributed by atoms with Crippen LogP contribution in [-0.4, -0.2) is 42.5 Å². The van der Waals surface area contributed by atoms with Gasteiger partial charge in [-0.05, 0) is 5.92 Å². The van der Waals surface area contributed by atoms with Crippen molar-refractivity contribution in [3.8, 4) is 0 Å². The second-order valence-electron chi connectivity index (χ2n) is 5.82. The van der Waals surface area contributed by atoms with Crippen LogP contribution in [0.2, 0.25) is 0 Å². The Morgan fingerprint density at radius 2 is 1.59 bits per heavy atom. The molecule has 22 heavy (non-hydrogen) atoms. The first kappa shape index (κ1) is 18.4. The molecular formula is C15H24O7. The van der Waals surface area contributed by atoms with Gasteiger partial charge < -0.3 is 18.9 Å². The Hall–Kier alpha value is -1.63. The van der Waals surface area contributed by atoms with Crippen LogP contribution in [0.5, 0.6) is 0 Å². The summed E-state index contributed by atoms with van der Waals surface area (Å²) in [4.78, 5) is 33.7. The lowest BCUT2D eigenvalue weighted by molar-refractivity contribution is -0.327. The second-order valence-corrected chi connectivity index (χ2v) is 5.82. The van der Waals surface area contributed by atoms with Gasteiger partial charge in [0, 0.05) is 33.6 Å². The van der Waals surface area contributed by atoms with E-state index in [0.717, 1.165) is 0 Å². The molecule has 0 amide bonds. The molecule has 1 saturated heterocycles. The molecule has 0 N–H and O–H groups in total. The lowest BCUT2D eigenvalue weighted by Crippen LogP contribution is -2.60. The zero-order valence-electron chi connectivity index (χ0n) is 13.9. The summed E-state index contributed by atoms with van der Waals surface area (Å²) in [7, 11) is 0. The predicted octanol–water partition coefficient (Wildman–Crippen LogP) is 1.43. The highest BCUT2D eigenvalue weighted by Crippen LogP contribution is 2.40. The van der Waals surface area contributed by atoms with Crippen LogP contribution < -0.4 is 0 Å². The van der Waals surface area contributed by atoms with Crippen molar-refractivity contribution in [2.45, 2.75) is 59.5 Å². The average molecular weight is 316 g/mol. The number of rotatable bonds is 4. The fourth-order valence-corrected chi connectivity index (χ4v) is 2.71. The Balaban J connectivity index is 3.01. The lowest BCUT2D eigenvalue weighted by Gasteiger charge is -2.48. The number of esters is 3. The molecule has 0 aromatic rings. The molecular weight excluding hydrogens is 292 g/mol. The van der Waals surface area contributed by atoms with E-state index in [0.29, 0.717) is 0 Å². The number of carbonyl (C=O) groups is 3. The third-order valence-corrected chi connectivity index (χ3v) is 3.89. The number of ether oxygens (including phenoxy) is 4. The Kier molecular flexibility index (Phi) is 5.93.